The topological polar surface area (TPSA) is 52.6 Å². The highest BCUT2D eigenvalue weighted by Gasteiger charge is 2.37. The number of ether oxygens (including phenoxy) is 2. The molecule has 26 heavy (non-hydrogen) atoms. The zero-order valence-electron chi connectivity index (χ0n) is 16.5. The molecule has 146 valence electrons. The third-order valence-corrected chi connectivity index (χ3v) is 4.58. The first-order chi connectivity index (χ1) is 12.7. The van der Waals surface area contributed by atoms with Crippen LogP contribution in [0.1, 0.15) is 77.2 Å². The lowest BCUT2D eigenvalue weighted by Crippen LogP contribution is -2.33. The summed E-state index contributed by atoms with van der Waals surface area (Å²) in [4.78, 5) is 25.1. The monoisotopic (exact) mass is 362 g/mol. The Kier molecular flexibility index (Phi) is 11.4. The average molecular weight is 363 g/mol. The van der Waals surface area contributed by atoms with Crippen LogP contribution in [-0.4, -0.2) is 25.2 Å². The highest BCUT2D eigenvalue weighted by Crippen LogP contribution is 2.32. The smallest absolute Gasteiger partial charge is 0.320 e. The second-order valence-corrected chi connectivity index (χ2v) is 6.56. The maximum atomic E-state index is 12.5. The molecule has 0 radical (unpaired) electrons. The third-order valence-electron chi connectivity index (χ3n) is 4.58. The molecule has 0 heterocycles. The summed E-state index contributed by atoms with van der Waals surface area (Å²) in [7, 11) is 0. The van der Waals surface area contributed by atoms with Gasteiger partial charge >= 0.3 is 11.9 Å². The quantitative estimate of drug-likeness (QED) is 0.273. The van der Waals surface area contributed by atoms with Crippen LogP contribution < -0.4 is 0 Å². The van der Waals surface area contributed by atoms with Crippen molar-refractivity contribution in [2.24, 2.45) is 5.92 Å². The zero-order valence-corrected chi connectivity index (χ0v) is 16.5. The van der Waals surface area contributed by atoms with Crippen LogP contribution in [0.25, 0.3) is 0 Å². The lowest BCUT2D eigenvalue weighted by molar-refractivity contribution is -0.163. The van der Waals surface area contributed by atoms with Crippen LogP contribution in [0.15, 0.2) is 30.3 Å². The molecule has 1 rings (SSSR count). The van der Waals surface area contributed by atoms with E-state index >= 15 is 0 Å². The molecule has 1 atom stereocenters. The number of unbranched alkanes of at least 4 members (excludes halogenated alkanes) is 5. The van der Waals surface area contributed by atoms with Crippen molar-refractivity contribution in [2.45, 2.75) is 71.6 Å². The Hall–Kier alpha value is -1.84. The Morgan fingerprint density at radius 1 is 0.808 bits per heavy atom. The highest BCUT2D eigenvalue weighted by molar-refractivity contribution is 5.96. The van der Waals surface area contributed by atoms with Crippen molar-refractivity contribution in [1.29, 1.82) is 0 Å². The van der Waals surface area contributed by atoms with E-state index in [-0.39, 0.29) is 19.1 Å². The minimum atomic E-state index is -0.895. The molecule has 0 aliphatic rings. The van der Waals surface area contributed by atoms with Crippen molar-refractivity contribution in [2.75, 3.05) is 13.2 Å². The van der Waals surface area contributed by atoms with E-state index in [1.807, 2.05) is 30.3 Å². The van der Waals surface area contributed by atoms with Crippen LogP contribution >= 0.6 is 0 Å². The van der Waals surface area contributed by atoms with Crippen molar-refractivity contribution in [3.8, 4) is 0 Å². The van der Waals surface area contributed by atoms with Gasteiger partial charge in [0.25, 0.3) is 0 Å². The number of rotatable bonds is 13. The Morgan fingerprint density at radius 3 is 1.88 bits per heavy atom. The van der Waals surface area contributed by atoms with Gasteiger partial charge in [0.15, 0.2) is 5.92 Å². The van der Waals surface area contributed by atoms with Gasteiger partial charge in [-0.2, -0.15) is 0 Å². The molecule has 0 saturated carbocycles. The van der Waals surface area contributed by atoms with Crippen molar-refractivity contribution in [1.82, 2.24) is 0 Å². The molecule has 0 bridgehead atoms. The molecular weight excluding hydrogens is 328 g/mol. The number of carbonyl (C=O) groups is 2. The van der Waals surface area contributed by atoms with Gasteiger partial charge in [-0.05, 0) is 25.8 Å². The van der Waals surface area contributed by atoms with Gasteiger partial charge in [-0.1, -0.05) is 75.8 Å². The fraction of sp³-hybridized carbons (Fsp3) is 0.636. The van der Waals surface area contributed by atoms with Crippen LogP contribution in [0.4, 0.5) is 0 Å². The molecule has 1 unspecified atom stereocenters. The summed E-state index contributed by atoms with van der Waals surface area (Å²) in [5.41, 5.74) is 0.993. The number of esters is 2. The van der Waals surface area contributed by atoms with E-state index in [1.165, 1.54) is 25.7 Å². The van der Waals surface area contributed by atoms with Gasteiger partial charge in [0.1, 0.15) is 0 Å². The van der Waals surface area contributed by atoms with Gasteiger partial charge in [-0.3, -0.25) is 9.59 Å². The molecule has 1 aromatic rings. The second-order valence-electron chi connectivity index (χ2n) is 6.56. The minimum Gasteiger partial charge on any atom is -0.465 e. The predicted molar refractivity (Wildman–Crippen MR) is 104 cm³/mol. The average Bonchev–Trinajstić information content (AvgIpc) is 2.64. The summed E-state index contributed by atoms with van der Waals surface area (Å²) >= 11 is 0. The lowest BCUT2D eigenvalue weighted by Gasteiger charge is -2.24. The van der Waals surface area contributed by atoms with E-state index in [2.05, 4.69) is 6.92 Å². The molecule has 0 saturated heterocycles. The first kappa shape index (κ1) is 22.2. The second kappa shape index (κ2) is 13.4. The Labute approximate surface area is 158 Å². The predicted octanol–water partition coefficient (Wildman–Crippen LogP) is 5.26. The van der Waals surface area contributed by atoms with Gasteiger partial charge in [0.05, 0.1) is 13.2 Å². The molecule has 4 heteroatoms. The number of benzene rings is 1. The SMILES string of the molecule is CCCCCCCCC(c1ccccc1)C(C(=O)OCC)C(=O)OCC. The van der Waals surface area contributed by atoms with Crippen LogP contribution in [0.2, 0.25) is 0 Å². The Balaban J connectivity index is 2.91. The van der Waals surface area contributed by atoms with Crippen molar-refractivity contribution < 1.29 is 19.1 Å². The molecule has 4 nitrogen and oxygen atoms in total. The summed E-state index contributed by atoms with van der Waals surface area (Å²) in [6.07, 6.45) is 7.79. The maximum absolute atomic E-state index is 12.5. The number of hydrogen-bond donors (Lipinski definition) is 0. The van der Waals surface area contributed by atoms with Gasteiger partial charge in [-0.15, -0.1) is 0 Å². The van der Waals surface area contributed by atoms with E-state index in [1.54, 1.807) is 13.8 Å². The van der Waals surface area contributed by atoms with Crippen molar-refractivity contribution in [3.63, 3.8) is 0 Å². The molecule has 0 amide bonds. The molecular formula is C22H34O4. The largest absolute Gasteiger partial charge is 0.465 e. The Bertz CT molecular complexity index is 494. The number of carbonyl (C=O) groups excluding carboxylic acids is 2. The highest BCUT2D eigenvalue weighted by atomic mass is 16.6. The Morgan fingerprint density at radius 2 is 1.35 bits per heavy atom. The van der Waals surface area contributed by atoms with E-state index in [4.69, 9.17) is 9.47 Å². The van der Waals surface area contributed by atoms with Gasteiger partial charge < -0.3 is 9.47 Å². The summed E-state index contributed by atoms with van der Waals surface area (Å²) < 4.78 is 10.4. The minimum absolute atomic E-state index is 0.208. The van der Waals surface area contributed by atoms with Crippen LogP contribution in [-0.2, 0) is 19.1 Å². The zero-order chi connectivity index (χ0) is 19.2. The fourth-order valence-electron chi connectivity index (χ4n) is 3.26. The molecule has 0 aliphatic heterocycles. The van der Waals surface area contributed by atoms with Crippen LogP contribution in [0, 0.1) is 5.92 Å². The normalized spacial score (nSPS) is 12.0. The molecule has 1 aromatic carbocycles. The molecule has 0 aromatic heterocycles. The van der Waals surface area contributed by atoms with Crippen molar-refractivity contribution in [3.05, 3.63) is 35.9 Å². The standard InChI is InChI=1S/C22H34O4/c1-4-7-8-9-10-14-17-19(18-15-12-11-13-16-18)20(21(23)25-5-2)22(24)26-6-3/h11-13,15-16,19-20H,4-10,14,17H2,1-3H3. The first-order valence-electron chi connectivity index (χ1n) is 10.0. The maximum Gasteiger partial charge on any atom is 0.320 e. The van der Waals surface area contributed by atoms with Gasteiger partial charge in [-0.25, -0.2) is 0 Å². The van der Waals surface area contributed by atoms with E-state index in [0.29, 0.717) is 0 Å². The third kappa shape index (κ3) is 7.59. The van der Waals surface area contributed by atoms with Crippen LogP contribution in [0.5, 0.6) is 0 Å². The molecule has 0 spiro atoms. The summed E-state index contributed by atoms with van der Waals surface area (Å²) in [5.74, 6) is -2.06. The molecule has 0 fully saturated rings. The summed E-state index contributed by atoms with van der Waals surface area (Å²) in [6, 6.07) is 9.78. The van der Waals surface area contributed by atoms with E-state index < -0.39 is 17.9 Å². The molecule has 0 N–H and O–H groups in total. The summed E-state index contributed by atoms with van der Waals surface area (Å²) in [5, 5.41) is 0. The van der Waals surface area contributed by atoms with Crippen LogP contribution in [0.3, 0.4) is 0 Å². The molecule has 0 aliphatic carbocycles. The van der Waals surface area contributed by atoms with Gasteiger partial charge in [0.2, 0.25) is 0 Å². The first-order valence-corrected chi connectivity index (χ1v) is 10.0. The van der Waals surface area contributed by atoms with Gasteiger partial charge in [0, 0.05) is 5.92 Å². The lowest BCUT2D eigenvalue weighted by atomic mass is 9.82. The van der Waals surface area contributed by atoms with E-state index in [0.717, 1.165) is 24.8 Å². The summed E-state index contributed by atoms with van der Waals surface area (Å²) in [6.45, 7) is 6.23. The van der Waals surface area contributed by atoms with E-state index in [9.17, 15) is 9.59 Å². The van der Waals surface area contributed by atoms with Crippen molar-refractivity contribution >= 4 is 11.9 Å². The number of hydrogen-bond acceptors (Lipinski definition) is 4. The fourth-order valence-corrected chi connectivity index (χ4v) is 3.26.